The normalized spacial score (nSPS) is 10.4. The number of halogens is 4. The Balaban J connectivity index is 0.000000166. The highest BCUT2D eigenvalue weighted by atomic mass is 79.9. The number of pyridine rings is 2. The third-order valence-corrected chi connectivity index (χ3v) is 7.26. The molecule has 0 fully saturated rings. The monoisotopic (exact) mass is 776 g/mol. The molecule has 0 saturated heterocycles. The lowest BCUT2D eigenvalue weighted by Gasteiger charge is -2.03. The molecule has 17 heteroatoms. The molecular weight excluding hydrogens is 758 g/mol. The van der Waals surface area contributed by atoms with Gasteiger partial charge in [0.15, 0.2) is 22.7 Å². The molecule has 4 heterocycles. The number of hydrogen-bond donors (Lipinski definition) is 3. The topological polar surface area (TPSA) is 165 Å². The van der Waals surface area contributed by atoms with E-state index in [4.69, 9.17) is 38.0 Å². The Labute approximate surface area is 282 Å². The highest BCUT2D eigenvalue weighted by Gasteiger charge is 2.20. The first kappa shape index (κ1) is 34.0. The van der Waals surface area contributed by atoms with Crippen LogP contribution in [0.4, 0.5) is 0 Å². The number of methoxy groups -OCH3 is 2. The molecule has 0 aliphatic carbocycles. The Morgan fingerprint density at radius 2 is 1.47 bits per heavy atom. The molecule has 0 amide bonds. The zero-order valence-corrected chi connectivity index (χ0v) is 28.0. The Hall–Kier alpha value is -3.86. The first-order valence-electron chi connectivity index (χ1n) is 12.6. The Bertz CT molecular complexity index is 1990. The number of ether oxygens (including phenoxy) is 2. The number of benzene rings is 2. The van der Waals surface area contributed by atoms with E-state index in [9.17, 15) is 9.59 Å². The number of carbonyl (C=O) groups is 2. The van der Waals surface area contributed by atoms with Crippen LogP contribution in [0, 0.1) is 0 Å². The number of fused-ring (bicyclic) bond motifs is 2. The molecule has 230 valence electrons. The van der Waals surface area contributed by atoms with Gasteiger partial charge in [0, 0.05) is 8.95 Å². The highest BCUT2D eigenvalue weighted by molar-refractivity contribution is 9.10. The fourth-order valence-electron chi connectivity index (χ4n) is 3.81. The first-order valence-corrected chi connectivity index (χ1v) is 15.0. The second kappa shape index (κ2) is 15.4. The predicted molar refractivity (Wildman–Crippen MR) is 177 cm³/mol. The summed E-state index contributed by atoms with van der Waals surface area (Å²) in [6, 6.07) is 21.0. The molecule has 0 spiro atoms. The summed E-state index contributed by atoms with van der Waals surface area (Å²) in [5, 5.41) is 29.9. The molecule has 2 aromatic carbocycles. The van der Waals surface area contributed by atoms with Crippen LogP contribution in [0.25, 0.3) is 27.8 Å². The third kappa shape index (κ3) is 8.45. The summed E-state index contributed by atoms with van der Waals surface area (Å²) in [7, 11) is 1.24. The molecule has 6 rings (SSSR count). The van der Waals surface area contributed by atoms with Gasteiger partial charge in [-0.1, -0.05) is 73.3 Å². The van der Waals surface area contributed by atoms with E-state index in [-0.39, 0.29) is 11.4 Å². The van der Waals surface area contributed by atoms with Crippen molar-refractivity contribution in [1.82, 2.24) is 29.9 Å². The van der Waals surface area contributed by atoms with Crippen molar-refractivity contribution < 1.29 is 29.1 Å². The fraction of sp³-hybridized carbons (Fsp3) is 0.0714. The number of aromatic nitrogens is 6. The van der Waals surface area contributed by atoms with E-state index in [1.165, 1.54) is 14.2 Å². The number of nitrogens with zero attached hydrogens (tertiary/aromatic N) is 5. The molecule has 12 nitrogen and oxygen atoms in total. The van der Waals surface area contributed by atoms with E-state index in [0.29, 0.717) is 37.8 Å². The van der Waals surface area contributed by atoms with E-state index in [2.05, 4.69) is 61.9 Å². The average Bonchev–Trinajstić information content (AvgIpc) is 3.62. The maximum absolute atomic E-state index is 11.9. The molecule has 0 unspecified atom stereocenters. The van der Waals surface area contributed by atoms with Gasteiger partial charge in [-0.3, -0.25) is 5.10 Å². The van der Waals surface area contributed by atoms with Gasteiger partial charge in [0.2, 0.25) is 0 Å². The summed E-state index contributed by atoms with van der Waals surface area (Å²) in [5.74, 6) is -0.991. The number of H-pyrrole nitrogens is 1. The minimum absolute atomic E-state index is 0.205. The Morgan fingerprint density at radius 3 is 2.07 bits per heavy atom. The molecule has 0 aliphatic heterocycles. The van der Waals surface area contributed by atoms with Crippen molar-refractivity contribution in [1.29, 1.82) is 0 Å². The summed E-state index contributed by atoms with van der Waals surface area (Å²) in [6.45, 7) is 0. The van der Waals surface area contributed by atoms with E-state index in [1.54, 1.807) is 47.1 Å². The lowest BCUT2D eigenvalue weighted by Crippen LogP contribution is -2.29. The number of esters is 2. The van der Waals surface area contributed by atoms with Crippen molar-refractivity contribution in [3.63, 3.8) is 0 Å². The van der Waals surface area contributed by atoms with Gasteiger partial charge >= 0.3 is 19.1 Å². The maximum atomic E-state index is 11.9. The molecule has 45 heavy (non-hydrogen) atoms. The quantitative estimate of drug-likeness (QED) is 0.124. The van der Waals surface area contributed by atoms with Gasteiger partial charge in [-0.25, -0.2) is 24.2 Å². The highest BCUT2D eigenvalue weighted by Crippen LogP contribution is 2.24. The minimum atomic E-state index is -1.38. The molecule has 0 bridgehead atoms. The van der Waals surface area contributed by atoms with Crippen molar-refractivity contribution in [2.45, 2.75) is 0 Å². The zero-order chi connectivity index (χ0) is 32.7. The van der Waals surface area contributed by atoms with Crippen LogP contribution in [0.3, 0.4) is 0 Å². The van der Waals surface area contributed by atoms with Crippen LogP contribution in [0.5, 0.6) is 0 Å². The molecule has 4 aromatic heterocycles. The summed E-state index contributed by atoms with van der Waals surface area (Å²) in [6.07, 6.45) is 0. The zero-order valence-electron chi connectivity index (χ0n) is 23.3. The average molecular weight is 779 g/mol. The van der Waals surface area contributed by atoms with Gasteiger partial charge in [0.1, 0.15) is 10.3 Å². The smallest absolute Gasteiger partial charge is 0.464 e. The summed E-state index contributed by atoms with van der Waals surface area (Å²) < 4.78 is 12.6. The Morgan fingerprint density at radius 1 is 0.844 bits per heavy atom. The van der Waals surface area contributed by atoms with Crippen LogP contribution in [0.2, 0.25) is 10.3 Å². The predicted octanol–water partition coefficient (Wildman–Crippen LogP) is 5.15. The van der Waals surface area contributed by atoms with Gasteiger partial charge in [-0.15, -0.1) is 0 Å². The first-order chi connectivity index (χ1) is 21.5. The van der Waals surface area contributed by atoms with E-state index >= 15 is 0 Å². The summed E-state index contributed by atoms with van der Waals surface area (Å²) >= 11 is 18.2. The van der Waals surface area contributed by atoms with Gasteiger partial charge in [0.05, 0.1) is 30.7 Å². The van der Waals surface area contributed by atoms with Crippen LogP contribution in [-0.2, 0) is 9.47 Å². The van der Waals surface area contributed by atoms with Crippen LogP contribution >= 0.6 is 55.1 Å². The van der Waals surface area contributed by atoms with Crippen LogP contribution in [-0.4, -0.2) is 73.3 Å². The number of aromatic amines is 1. The number of rotatable bonds is 4. The number of nitrogens with one attached hydrogen (secondary N) is 1. The van der Waals surface area contributed by atoms with Gasteiger partial charge in [-0.05, 0) is 60.1 Å². The van der Waals surface area contributed by atoms with Gasteiger partial charge in [-0.2, -0.15) is 10.2 Å². The van der Waals surface area contributed by atoms with Crippen LogP contribution < -0.4 is 5.46 Å². The second-order valence-electron chi connectivity index (χ2n) is 8.76. The molecule has 6 aromatic rings. The molecule has 0 radical (unpaired) electrons. The largest absolute Gasteiger partial charge is 0.488 e. The molecular formula is C28H21BBr2Cl2N6O6. The van der Waals surface area contributed by atoms with Crippen LogP contribution in [0.1, 0.15) is 21.0 Å². The maximum Gasteiger partial charge on any atom is 0.488 e. The molecule has 3 N–H and O–H groups in total. The van der Waals surface area contributed by atoms with E-state index in [1.807, 2.05) is 30.3 Å². The Kier molecular flexibility index (Phi) is 11.7. The van der Waals surface area contributed by atoms with Crippen molar-refractivity contribution in [2.75, 3.05) is 14.2 Å². The standard InChI is InChI=1S/C14H9BrClN3O2.C8H6ClN3O2.C6H6BBrO2/c1-21-14(20)12-10-5-6-11(16)17-13(10)19(18-12)9-4-2-3-8(15)7-9;1-14-8(13)6-4-2-3-5(9)10-7(4)12-11-6;8-6-3-1-2-5(4-6)7(9)10/h2-7H,1H3;2-3H,1H3,(H,10,11,12);1-4,9-10H. The lowest BCUT2D eigenvalue weighted by atomic mass is 9.81. The molecule has 0 aliphatic rings. The SMILES string of the molecule is COC(=O)c1[nH]nc2nc(Cl)ccc12.COC(=O)c1nn(-c2cccc(Br)c2)c2nc(Cl)ccc12.OB(O)c1cccc(Br)c1. The summed E-state index contributed by atoms with van der Waals surface area (Å²) in [5.41, 5.74) is 2.65. The molecule has 0 atom stereocenters. The van der Waals surface area contributed by atoms with Crippen molar-refractivity contribution in [3.8, 4) is 5.69 Å². The lowest BCUT2D eigenvalue weighted by molar-refractivity contribution is 0.0587. The van der Waals surface area contributed by atoms with Crippen molar-refractivity contribution in [3.05, 3.63) is 103 Å². The minimum Gasteiger partial charge on any atom is -0.464 e. The number of hydrogen-bond acceptors (Lipinski definition) is 10. The van der Waals surface area contributed by atoms with Gasteiger partial charge in [0.25, 0.3) is 0 Å². The second-order valence-corrected chi connectivity index (χ2v) is 11.4. The van der Waals surface area contributed by atoms with Crippen LogP contribution in [0.15, 0.2) is 81.7 Å². The fourth-order valence-corrected chi connectivity index (χ4v) is 4.90. The summed E-state index contributed by atoms with van der Waals surface area (Å²) in [4.78, 5) is 31.3. The van der Waals surface area contributed by atoms with Crippen molar-refractivity contribution in [2.24, 2.45) is 0 Å². The van der Waals surface area contributed by atoms with E-state index < -0.39 is 19.1 Å². The van der Waals surface area contributed by atoms with Crippen molar-refractivity contribution >= 4 is 102 Å². The molecule has 0 saturated carbocycles. The number of carbonyl (C=O) groups excluding carboxylic acids is 2. The van der Waals surface area contributed by atoms with E-state index in [0.717, 1.165) is 14.6 Å². The third-order valence-electron chi connectivity index (χ3n) is 5.85. The van der Waals surface area contributed by atoms with Gasteiger partial charge < -0.3 is 19.5 Å².